The second kappa shape index (κ2) is 9.19. The molecule has 0 atom stereocenters. The molecule has 22 heavy (non-hydrogen) atoms. The molecule has 0 bridgehead atoms. The van der Waals surface area contributed by atoms with E-state index >= 15 is 0 Å². The fourth-order valence-electron chi connectivity index (χ4n) is 1.48. The van der Waals surface area contributed by atoms with Gasteiger partial charge in [-0.3, -0.25) is 10.1 Å². The van der Waals surface area contributed by atoms with E-state index < -0.39 is 24.5 Å². The third-order valence-electron chi connectivity index (χ3n) is 2.67. The zero-order valence-electron chi connectivity index (χ0n) is 12.5. The molecule has 0 aliphatic heterocycles. The number of hydrogen-bond donors (Lipinski definition) is 2. The largest absolute Gasteiger partial charge is 0.452 e. The summed E-state index contributed by atoms with van der Waals surface area (Å²) >= 11 is 3.25. The van der Waals surface area contributed by atoms with Gasteiger partial charge in [-0.2, -0.15) is 0 Å². The Morgan fingerprint density at radius 1 is 1.18 bits per heavy atom. The van der Waals surface area contributed by atoms with E-state index in [1.807, 2.05) is 13.8 Å². The van der Waals surface area contributed by atoms with Crippen LogP contribution in [0.15, 0.2) is 28.7 Å². The molecular weight excluding hydrogens is 352 g/mol. The van der Waals surface area contributed by atoms with Crippen LogP contribution in [-0.4, -0.2) is 31.1 Å². The fraction of sp³-hybridized carbons (Fsp3) is 0.400. The quantitative estimate of drug-likeness (QED) is 0.753. The van der Waals surface area contributed by atoms with Gasteiger partial charge in [0.05, 0.1) is 5.56 Å². The summed E-state index contributed by atoms with van der Waals surface area (Å²) in [6, 6.07) is 5.94. The van der Waals surface area contributed by atoms with Gasteiger partial charge < -0.3 is 10.1 Å². The maximum atomic E-state index is 11.7. The van der Waals surface area contributed by atoms with Gasteiger partial charge >= 0.3 is 12.0 Å². The Morgan fingerprint density at radius 3 is 2.41 bits per heavy atom. The van der Waals surface area contributed by atoms with E-state index in [0.717, 1.165) is 10.9 Å². The number of ether oxygens (including phenoxy) is 1. The Kier molecular flexibility index (Phi) is 7.59. The van der Waals surface area contributed by atoms with Crippen molar-refractivity contribution in [2.75, 3.05) is 13.2 Å². The summed E-state index contributed by atoms with van der Waals surface area (Å²) in [7, 11) is 0. The Morgan fingerprint density at radius 2 is 1.82 bits per heavy atom. The number of nitrogens with one attached hydrogen (secondary N) is 2. The first-order valence-electron chi connectivity index (χ1n) is 6.89. The molecule has 1 rings (SSSR count). The van der Waals surface area contributed by atoms with Crippen LogP contribution in [0.25, 0.3) is 0 Å². The molecule has 0 saturated heterocycles. The van der Waals surface area contributed by atoms with Crippen molar-refractivity contribution < 1.29 is 19.1 Å². The molecule has 0 fully saturated rings. The van der Waals surface area contributed by atoms with Gasteiger partial charge in [0.25, 0.3) is 5.91 Å². The number of hydrogen-bond acceptors (Lipinski definition) is 4. The number of rotatable bonds is 6. The van der Waals surface area contributed by atoms with Gasteiger partial charge in [-0.1, -0.05) is 29.8 Å². The predicted molar refractivity (Wildman–Crippen MR) is 85.4 cm³/mol. The molecule has 0 unspecified atom stereocenters. The summed E-state index contributed by atoms with van der Waals surface area (Å²) < 4.78 is 5.66. The lowest BCUT2D eigenvalue weighted by atomic mass is 10.1. The minimum atomic E-state index is -0.674. The number of carbonyl (C=O) groups is 3. The lowest BCUT2D eigenvalue weighted by Crippen LogP contribution is -2.41. The van der Waals surface area contributed by atoms with Crippen LogP contribution in [0.3, 0.4) is 0 Å². The van der Waals surface area contributed by atoms with Gasteiger partial charge in [-0.25, -0.2) is 9.59 Å². The van der Waals surface area contributed by atoms with Crippen molar-refractivity contribution in [3.05, 3.63) is 34.3 Å². The Bertz CT molecular complexity index is 529. The van der Waals surface area contributed by atoms with E-state index in [1.54, 1.807) is 24.3 Å². The second-order valence-electron chi connectivity index (χ2n) is 5.07. The molecule has 6 nitrogen and oxygen atoms in total. The normalized spacial score (nSPS) is 10.2. The van der Waals surface area contributed by atoms with Crippen LogP contribution in [0.2, 0.25) is 0 Å². The Labute approximate surface area is 137 Å². The maximum absolute atomic E-state index is 11.7. The van der Waals surface area contributed by atoms with E-state index in [4.69, 9.17) is 4.74 Å². The molecule has 0 radical (unpaired) electrons. The lowest BCUT2D eigenvalue weighted by Gasteiger charge is -2.08. The molecule has 1 aromatic carbocycles. The highest BCUT2D eigenvalue weighted by Crippen LogP contribution is 2.11. The monoisotopic (exact) mass is 370 g/mol. The lowest BCUT2D eigenvalue weighted by molar-refractivity contribution is -0.123. The van der Waals surface area contributed by atoms with Crippen LogP contribution in [0.4, 0.5) is 4.79 Å². The first kappa shape index (κ1) is 18.2. The third-order valence-corrected chi connectivity index (χ3v) is 3.20. The first-order chi connectivity index (χ1) is 10.4. The molecule has 0 heterocycles. The van der Waals surface area contributed by atoms with Crippen LogP contribution in [0.5, 0.6) is 0 Å². The summed E-state index contributed by atoms with van der Waals surface area (Å²) in [4.78, 5) is 34.6. The highest BCUT2D eigenvalue weighted by atomic mass is 79.9. The predicted octanol–water partition coefficient (Wildman–Crippen LogP) is 2.48. The topological polar surface area (TPSA) is 84.5 Å². The first-order valence-corrected chi connectivity index (χ1v) is 7.68. The van der Waals surface area contributed by atoms with E-state index in [1.165, 1.54) is 0 Å². The number of esters is 1. The smallest absolute Gasteiger partial charge is 0.338 e. The fourth-order valence-corrected chi connectivity index (χ4v) is 1.75. The molecule has 0 saturated carbocycles. The zero-order chi connectivity index (χ0) is 16.5. The summed E-state index contributed by atoms with van der Waals surface area (Å²) in [5.74, 6) is -0.835. The summed E-state index contributed by atoms with van der Waals surface area (Å²) in [6.45, 7) is 4.04. The van der Waals surface area contributed by atoms with Crippen LogP contribution in [0.1, 0.15) is 30.6 Å². The van der Waals surface area contributed by atoms with Gasteiger partial charge in [0, 0.05) is 11.0 Å². The Hall–Kier alpha value is -1.89. The average molecular weight is 371 g/mol. The molecule has 0 aliphatic carbocycles. The van der Waals surface area contributed by atoms with Gasteiger partial charge in [0.15, 0.2) is 6.61 Å². The molecular formula is C15H19BrN2O4. The zero-order valence-corrected chi connectivity index (χ0v) is 14.1. The van der Waals surface area contributed by atoms with Gasteiger partial charge in [-0.15, -0.1) is 0 Å². The number of benzene rings is 1. The van der Waals surface area contributed by atoms with E-state index in [0.29, 0.717) is 18.0 Å². The van der Waals surface area contributed by atoms with E-state index in [-0.39, 0.29) is 0 Å². The Balaban J connectivity index is 2.29. The maximum Gasteiger partial charge on any atom is 0.338 e. The number of urea groups is 1. The SMILES string of the molecule is CC(C)CCNC(=O)NC(=O)COC(=O)c1ccc(Br)cc1. The number of imide groups is 1. The summed E-state index contributed by atoms with van der Waals surface area (Å²) in [5, 5.41) is 4.65. The molecule has 120 valence electrons. The molecule has 2 N–H and O–H groups in total. The van der Waals surface area contributed by atoms with Gasteiger partial charge in [0.2, 0.25) is 0 Å². The highest BCUT2D eigenvalue weighted by molar-refractivity contribution is 9.10. The molecule has 0 spiro atoms. The minimum Gasteiger partial charge on any atom is -0.452 e. The van der Waals surface area contributed by atoms with Crippen molar-refractivity contribution in [2.24, 2.45) is 5.92 Å². The van der Waals surface area contributed by atoms with Crippen molar-refractivity contribution in [3.63, 3.8) is 0 Å². The van der Waals surface area contributed by atoms with Crippen molar-refractivity contribution in [3.8, 4) is 0 Å². The third kappa shape index (κ3) is 7.21. The molecule has 3 amide bonds. The van der Waals surface area contributed by atoms with Crippen LogP contribution in [0, 0.1) is 5.92 Å². The molecule has 0 aromatic heterocycles. The summed E-state index contributed by atoms with van der Waals surface area (Å²) in [5.41, 5.74) is 0.331. The number of amides is 3. The van der Waals surface area contributed by atoms with Crippen molar-refractivity contribution in [2.45, 2.75) is 20.3 Å². The van der Waals surface area contributed by atoms with Gasteiger partial charge in [0.1, 0.15) is 0 Å². The van der Waals surface area contributed by atoms with Crippen LogP contribution < -0.4 is 10.6 Å². The standard InChI is InChI=1S/C15H19BrN2O4/c1-10(2)7-8-17-15(21)18-13(19)9-22-14(20)11-3-5-12(16)6-4-11/h3-6,10H,7-9H2,1-2H3,(H2,17,18,19,21). The molecule has 1 aromatic rings. The van der Waals surface area contributed by atoms with Crippen LogP contribution >= 0.6 is 15.9 Å². The molecule has 0 aliphatic rings. The van der Waals surface area contributed by atoms with Crippen molar-refractivity contribution >= 4 is 33.8 Å². The second-order valence-corrected chi connectivity index (χ2v) is 5.99. The van der Waals surface area contributed by atoms with Crippen molar-refractivity contribution in [1.29, 1.82) is 0 Å². The highest BCUT2D eigenvalue weighted by Gasteiger charge is 2.12. The van der Waals surface area contributed by atoms with Crippen molar-refractivity contribution in [1.82, 2.24) is 10.6 Å². The van der Waals surface area contributed by atoms with E-state index in [9.17, 15) is 14.4 Å². The average Bonchev–Trinajstić information content (AvgIpc) is 2.45. The van der Waals surface area contributed by atoms with E-state index in [2.05, 4.69) is 26.6 Å². The van der Waals surface area contributed by atoms with Crippen LogP contribution in [-0.2, 0) is 9.53 Å². The minimum absolute atomic E-state index is 0.331. The van der Waals surface area contributed by atoms with Gasteiger partial charge in [-0.05, 0) is 36.6 Å². The molecule has 7 heteroatoms. The number of carbonyl (C=O) groups excluding carboxylic acids is 3. The number of halogens is 1. The summed E-state index contributed by atoms with van der Waals surface area (Å²) in [6.07, 6.45) is 0.820.